The van der Waals surface area contributed by atoms with Crippen LogP contribution in [0.2, 0.25) is 0 Å². The molecule has 0 radical (unpaired) electrons. The highest BCUT2D eigenvalue weighted by molar-refractivity contribution is 7.98. The van der Waals surface area contributed by atoms with Gasteiger partial charge in [0.05, 0.1) is 35.2 Å². The van der Waals surface area contributed by atoms with Crippen molar-refractivity contribution in [1.82, 2.24) is 4.57 Å². The molecule has 148 valence electrons. The summed E-state index contributed by atoms with van der Waals surface area (Å²) in [5, 5.41) is 0. The number of allylic oxidation sites excluding steroid dienone is 1. The van der Waals surface area contributed by atoms with Gasteiger partial charge in [-0.2, -0.15) is 0 Å². The van der Waals surface area contributed by atoms with E-state index in [1.807, 2.05) is 30.5 Å². The third-order valence-electron chi connectivity index (χ3n) is 4.68. The van der Waals surface area contributed by atoms with E-state index in [0.717, 1.165) is 10.5 Å². The van der Waals surface area contributed by atoms with Crippen molar-refractivity contribution in [2.45, 2.75) is 17.9 Å². The van der Waals surface area contributed by atoms with Crippen LogP contribution in [0, 0.1) is 0 Å². The van der Waals surface area contributed by atoms with E-state index >= 15 is 0 Å². The Labute approximate surface area is 174 Å². The molecule has 29 heavy (non-hydrogen) atoms. The second-order valence-electron chi connectivity index (χ2n) is 6.36. The fraction of sp³-hybridized carbons (Fsp3) is 0.190. The van der Waals surface area contributed by atoms with Crippen LogP contribution in [0.3, 0.4) is 0 Å². The molecule has 1 atom stereocenters. The molecule has 0 spiro atoms. The first-order chi connectivity index (χ1) is 14.0. The fourth-order valence-corrected chi connectivity index (χ4v) is 4.73. The van der Waals surface area contributed by atoms with Crippen molar-refractivity contribution in [3.05, 3.63) is 84.9 Å². The number of carbonyl (C=O) groups excluding carboxylic acids is 1. The quantitative estimate of drug-likeness (QED) is 0.474. The van der Waals surface area contributed by atoms with Crippen LogP contribution in [-0.2, 0) is 9.53 Å². The number of hydrogen-bond donors (Lipinski definition) is 0. The number of thioether (sulfide) groups is 1. The van der Waals surface area contributed by atoms with E-state index in [2.05, 4.69) is 4.99 Å². The van der Waals surface area contributed by atoms with Crippen molar-refractivity contribution in [2.75, 3.05) is 13.4 Å². The molecular weight excluding hydrogens is 408 g/mol. The maximum atomic E-state index is 13.3. The van der Waals surface area contributed by atoms with E-state index in [1.54, 1.807) is 47.7 Å². The molecule has 4 rings (SSSR count). The minimum atomic E-state index is -0.603. The molecule has 3 aromatic rings. The second kappa shape index (κ2) is 7.88. The standard InChI is InChI=1S/C21H18N2O4S2/c1-12-17(20(25)26-2)18(13-6-8-15(28-3)9-7-13)23-19(24)16(29-21(23)22-12)11-14-5-4-10-27-14/h4-11,18H,1-3H3. The number of nitrogens with zero attached hydrogens (tertiary/aromatic N) is 2. The van der Waals surface area contributed by atoms with Gasteiger partial charge >= 0.3 is 5.97 Å². The predicted molar refractivity (Wildman–Crippen MR) is 113 cm³/mol. The lowest BCUT2D eigenvalue weighted by atomic mass is 9.96. The first-order valence-electron chi connectivity index (χ1n) is 8.82. The van der Waals surface area contributed by atoms with E-state index in [0.29, 0.717) is 26.4 Å². The molecule has 1 aromatic carbocycles. The summed E-state index contributed by atoms with van der Waals surface area (Å²) in [6, 6.07) is 10.8. The van der Waals surface area contributed by atoms with Crippen molar-refractivity contribution in [2.24, 2.45) is 4.99 Å². The Morgan fingerprint density at radius 3 is 2.69 bits per heavy atom. The zero-order chi connectivity index (χ0) is 20.5. The largest absolute Gasteiger partial charge is 0.466 e. The van der Waals surface area contributed by atoms with Gasteiger partial charge in [0, 0.05) is 11.0 Å². The molecule has 6 nitrogen and oxygen atoms in total. The Balaban J connectivity index is 1.97. The normalized spacial score (nSPS) is 16.5. The lowest BCUT2D eigenvalue weighted by Crippen LogP contribution is -2.39. The number of furan rings is 1. The van der Waals surface area contributed by atoms with E-state index in [-0.39, 0.29) is 5.56 Å². The Morgan fingerprint density at radius 2 is 2.07 bits per heavy atom. The zero-order valence-corrected chi connectivity index (χ0v) is 17.7. The predicted octanol–water partition coefficient (Wildman–Crippen LogP) is 2.72. The molecule has 1 aliphatic heterocycles. The highest BCUT2D eigenvalue weighted by atomic mass is 32.2. The van der Waals surface area contributed by atoms with Crippen LogP contribution in [-0.4, -0.2) is 23.9 Å². The molecule has 2 aromatic heterocycles. The first-order valence-corrected chi connectivity index (χ1v) is 10.9. The molecule has 0 N–H and O–H groups in total. The minimum absolute atomic E-state index is 0.224. The van der Waals surface area contributed by atoms with Crippen molar-refractivity contribution in [1.29, 1.82) is 0 Å². The first kappa shape index (κ1) is 19.5. The average molecular weight is 427 g/mol. The molecule has 0 amide bonds. The van der Waals surface area contributed by atoms with E-state index in [1.165, 1.54) is 18.4 Å². The van der Waals surface area contributed by atoms with Gasteiger partial charge in [0.25, 0.3) is 5.56 Å². The number of fused-ring (bicyclic) bond motifs is 1. The average Bonchev–Trinajstić information content (AvgIpc) is 3.35. The van der Waals surface area contributed by atoms with Gasteiger partial charge in [0.1, 0.15) is 5.76 Å². The van der Waals surface area contributed by atoms with Gasteiger partial charge in [-0.1, -0.05) is 23.5 Å². The van der Waals surface area contributed by atoms with Crippen LogP contribution in [0.25, 0.3) is 6.08 Å². The molecule has 8 heteroatoms. The number of esters is 1. The minimum Gasteiger partial charge on any atom is -0.466 e. The number of benzene rings is 1. The number of carbonyl (C=O) groups is 1. The highest BCUT2D eigenvalue weighted by Crippen LogP contribution is 2.31. The number of ether oxygens (including phenoxy) is 1. The smallest absolute Gasteiger partial charge is 0.338 e. The summed E-state index contributed by atoms with van der Waals surface area (Å²) in [4.78, 5) is 32.0. The molecule has 1 unspecified atom stereocenters. The Kier molecular flexibility index (Phi) is 5.29. The van der Waals surface area contributed by atoms with Gasteiger partial charge in [-0.25, -0.2) is 9.79 Å². The number of rotatable bonds is 4. The Bertz CT molecular complexity index is 1270. The molecule has 0 bridgehead atoms. The number of thiazole rings is 1. The van der Waals surface area contributed by atoms with Crippen molar-refractivity contribution in [3.63, 3.8) is 0 Å². The van der Waals surface area contributed by atoms with E-state index < -0.39 is 12.0 Å². The second-order valence-corrected chi connectivity index (χ2v) is 8.25. The Hall–Kier alpha value is -2.84. The maximum Gasteiger partial charge on any atom is 0.338 e. The number of aromatic nitrogens is 1. The van der Waals surface area contributed by atoms with Gasteiger partial charge in [-0.3, -0.25) is 9.36 Å². The van der Waals surface area contributed by atoms with Crippen LogP contribution in [0.1, 0.15) is 24.3 Å². The molecule has 0 aliphatic carbocycles. The fourth-order valence-electron chi connectivity index (χ4n) is 3.30. The highest BCUT2D eigenvalue weighted by Gasteiger charge is 2.33. The van der Waals surface area contributed by atoms with Crippen LogP contribution in [0.4, 0.5) is 0 Å². The number of methoxy groups -OCH3 is 1. The molecule has 0 fully saturated rings. The SMILES string of the molecule is COC(=O)C1=C(C)N=c2sc(=Cc3ccco3)c(=O)n2C1c1ccc(SC)cc1. The van der Waals surface area contributed by atoms with Gasteiger partial charge < -0.3 is 9.15 Å². The topological polar surface area (TPSA) is 73.8 Å². The van der Waals surface area contributed by atoms with Crippen molar-refractivity contribution < 1.29 is 13.9 Å². The third kappa shape index (κ3) is 3.49. The van der Waals surface area contributed by atoms with Gasteiger partial charge in [0.2, 0.25) is 0 Å². The van der Waals surface area contributed by atoms with E-state index in [4.69, 9.17) is 9.15 Å². The van der Waals surface area contributed by atoms with Gasteiger partial charge in [0.15, 0.2) is 4.80 Å². The van der Waals surface area contributed by atoms with Gasteiger partial charge in [-0.05, 0) is 43.0 Å². The number of hydrogen-bond acceptors (Lipinski definition) is 7. The monoisotopic (exact) mass is 426 g/mol. The summed E-state index contributed by atoms with van der Waals surface area (Å²) in [5.74, 6) is 0.0885. The maximum absolute atomic E-state index is 13.3. The summed E-state index contributed by atoms with van der Waals surface area (Å²) in [6.45, 7) is 1.76. The summed E-state index contributed by atoms with van der Waals surface area (Å²) in [6.07, 6.45) is 5.24. The lowest BCUT2D eigenvalue weighted by molar-refractivity contribution is -0.136. The summed E-state index contributed by atoms with van der Waals surface area (Å²) >= 11 is 2.90. The van der Waals surface area contributed by atoms with Gasteiger partial charge in [-0.15, -0.1) is 11.8 Å². The summed E-state index contributed by atoms with van der Waals surface area (Å²) in [7, 11) is 1.33. The van der Waals surface area contributed by atoms with Crippen LogP contribution < -0.4 is 14.9 Å². The third-order valence-corrected chi connectivity index (χ3v) is 6.40. The van der Waals surface area contributed by atoms with E-state index in [9.17, 15) is 9.59 Å². The molecular formula is C21H18N2O4S2. The van der Waals surface area contributed by atoms with Crippen LogP contribution in [0.15, 0.2) is 73.0 Å². The van der Waals surface area contributed by atoms with Crippen LogP contribution >= 0.6 is 23.1 Å². The van der Waals surface area contributed by atoms with Crippen molar-refractivity contribution in [3.8, 4) is 0 Å². The lowest BCUT2D eigenvalue weighted by Gasteiger charge is -2.24. The molecule has 3 heterocycles. The molecule has 0 saturated carbocycles. The zero-order valence-electron chi connectivity index (χ0n) is 16.0. The summed E-state index contributed by atoms with van der Waals surface area (Å²) < 4.78 is 12.4. The summed E-state index contributed by atoms with van der Waals surface area (Å²) in [5.41, 5.74) is 1.50. The molecule has 0 saturated heterocycles. The van der Waals surface area contributed by atoms with Crippen LogP contribution in [0.5, 0.6) is 0 Å². The van der Waals surface area contributed by atoms with Crippen molar-refractivity contribution >= 4 is 35.1 Å². The Morgan fingerprint density at radius 1 is 1.31 bits per heavy atom. The molecule has 1 aliphatic rings.